The van der Waals surface area contributed by atoms with Gasteiger partial charge in [-0.1, -0.05) is 121 Å². The molecule has 1 N–H and O–H groups in total. The SMILES string of the molecule is C1=CCCC(c2ccc(C3=NC(c4ccc(-c5ccc6c(c5)oc5ccccc56)cc4)=NC(c4ccccc4)N3)cc2)=C1. The predicted molar refractivity (Wildman–Crippen MR) is 177 cm³/mol. The molecule has 0 fully saturated rings. The maximum absolute atomic E-state index is 6.13. The number of allylic oxidation sites excluding steroid dienone is 4. The molecule has 0 spiro atoms. The first kappa shape index (κ1) is 25.2. The Morgan fingerprint density at radius 2 is 1.33 bits per heavy atom. The summed E-state index contributed by atoms with van der Waals surface area (Å²) in [5.41, 5.74) is 9.78. The molecular formula is C39H29N3O. The molecular weight excluding hydrogens is 526 g/mol. The van der Waals surface area contributed by atoms with Gasteiger partial charge in [0.1, 0.15) is 23.2 Å². The summed E-state index contributed by atoms with van der Waals surface area (Å²) in [4.78, 5) is 10.1. The van der Waals surface area contributed by atoms with Crippen LogP contribution in [0.25, 0.3) is 38.6 Å². The fraction of sp³-hybridized carbons (Fsp3) is 0.0769. The monoisotopic (exact) mass is 555 g/mol. The highest BCUT2D eigenvalue weighted by molar-refractivity contribution is 6.13. The zero-order valence-corrected chi connectivity index (χ0v) is 23.6. The highest BCUT2D eigenvalue weighted by atomic mass is 16.3. The summed E-state index contributed by atoms with van der Waals surface area (Å²) in [6.45, 7) is 0. The van der Waals surface area contributed by atoms with E-state index in [-0.39, 0.29) is 6.17 Å². The van der Waals surface area contributed by atoms with Crippen molar-refractivity contribution in [2.24, 2.45) is 9.98 Å². The maximum Gasteiger partial charge on any atom is 0.159 e. The Balaban J connectivity index is 1.13. The van der Waals surface area contributed by atoms with Crippen LogP contribution in [0.4, 0.5) is 0 Å². The number of hydrogen-bond donors (Lipinski definition) is 1. The molecule has 8 rings (SSSR count). The number of rotatable bonds is 5. The van der Waals surface area contributed by atoms with Gasteiger partial charge in [-0.15, -0.1) is 0 Å². The molecule has 2 heterocycles. The zero-order valence-electron chi connectivity index (χ0n) is 23.6. The summed E-state index contributed by atoms with van der Waals surface area (Å²) < 4.78 is 6.13. The third-order valence-electron chi connectivity index (χ3n) is 8.26. The molecule has 1 atom stereocenters. The van der Waals surface area contributed by atoms with Gasteiger partial charge in [0.15, 0.2) is 5.84 Å². The van der Waals surface area contributed by atoms with Crippen LogP contribution in [0.3, 0.4) is 0 Å². The summed E-state index contributed by atoms with van der Waals surface area (Å²) >= 11 is 0. The van der Waals surface area contributed by atoms with Crippen molar-refractivity contribution < 1.29 is 4.42 Å². The largest absolute Gasteiger partial charge is 0.456 e. The number of fused-ring (bicyclic) bond motifs is 3. The molecule has 0 saturated carbocycles. The second kappa shape index (κ2) is 10.7. The Labute approximate surface area is 250 Å². The van der Waals surface area contributed by atoms with Crippen LogP contribution in [-0.4, -0.2) is 11.7 Å². The molecule has 5 aromatic carbocycles. The Hall–Kier alpha value is -5.48. The molecule has 1 unspecified atom stereocenters. The topological polar surface area (TPSA) is 49.9 Å². The summed E-state index contributed by atoms with van der Waals surface area (Å²) in [6, 6.07) is 42.1. The van der Waals surface area contributed by atoms with E-state index in [9.17, 15) is 0 Å². The van der Waals surface area contributed by atoms with Gasteiger partial charge in [0.05, 0.1) is 0 Å². The van der Waals surface area contributed by atoms with Gasteiger partial charge in [0.2, 0.25) is 0 Å². The number of nitrogens with zero attached hydrogens (tertiary/aromatic N) is 2. The number of benzene rings is 5. The normalized spacial score (nSPS) is 16.5. The van der Waals surface area contributed by atoms with Crippen molar-refractivity contribution in [2.45, 2.75) is 19.0 Å². The van der Waals surface area contributed by atoms with Gasteiger partial charge in [-0.3, -0.25) is 0 Å². The number of amidine groups is 2. The van der Waals surface area contributed by atoms with Gasteiger partial charge in [-0.2, -0.15) is 0 Å². The van der Waals surface area contributed by atoms with E-state index in [0.29, 0.717) is 5.84 Å². The molecule has 0 radical (unpaired) electrons. The summed E-state index contributed by atoms with van der Waals surface area (Å²) in [6.07, 6.45) is 8.51. The molecule has 4 nitrogen and oxygen atoms in total. The van der Waals surface area contributed by atoms with Gasteiger partial charge in [-0.05, 0) is 58.9 Å². The average Bonchev–Trinajstić information content (AvgIpc) is 3.47. The molecule has 1 aromatic heterocycles. The van der Waals surface area contributed by atoms with E-state index in [2.05, 4.69) is 108 Å². The Kier molecular flexibility index (Phi) is 6.30. The summed E-state index contributed by atoms with van der Waals surface area (Å²) in [5.74, 6) is 1.54. The van der Waals surface area contributed by atoms with Crippen molar-refractivity contribution in [3.8, 4) is 11.1 Å². The van der Waals surface area contributed by atoms with Crippen molar-refractivity contribution in [3.63, 3.8) is 0 Å². The maximum atomic E-state index is 6.13. The van der Waals surface area contributed by atoms with Crippen LogP contribution in [0.5, 0.6) is 0 Å². The first-order valence-corrected chi connectivity index (χ1v) is 14.8. The Bertz CT molecular complexity index is 2080. The summed E-state index contributed by atoms with van der Waals surface area (Å²) in [5, 5.41) is 5.85. The van der Waals surface area contributed by atoms with Crippen molar-refractivity contribution in [3.05, 3.63) is 162 Å². The van der Waals surface area contributed by atoms with E-state index in [4.69, 9.17) is 14.4 Å². The molecule has 0 saturated heterocycles. The van der Waals surface area contributed by atoms with Crippen molar-refractivity contribution in [2.75, 3.05) is 0 Å². The smallest absolute Gasteiger partial charge is 0.159 e. The van der Waals surface area contributed by atoms with E-state index in [1.165, 1.54) is 11.1 Å². The van der Waals surface area contributed by atoms with Gasteiger partial charge < -0.3 is 9.73 Å². The van der Waals surface area contributed by atoms with Crippen LogP contribution in [-0.2, 0) is 0 Å². The second-order valence-corrected chi connectivity index (χ2v) is 11.0. The lowest BCUT2D eigenvalue weighted by molar-refractivity contribution is 0.669. The summed E-state index contributed by atoms with van der Waals surface area (Å²) in [7, 11) is 0. The average molecular weight is 556 g/mol. The van der Waals surface area contributed by atoms with Crippen LogP contribution in [0.1, 0.15) is 41.3 Å². The number of furan rings is 1. The van der Waals surface area contributed by atoms with E-state index < -0.39 is 0 Å². The van der Waals surface area contributed by atoms with Gasteiger partial charge >= 0.3 is 0 Å². The van der Waals surface area contributed by atoms with E-state index in [1.54, 1.807) is 0 Å². The first-order valence-electron chi connectivity index (χ1n) is 14.8. The Morgan fingerprint density at radius 1 is 0.628 bits per heavy atom. The van der Waals surface area contributed by atoms with Gasteiger partial charge in [0.25, 0.3) is 0 Å². The van der Waals surface area contributed by atoms with Crippen LogP contribution >= 0.6 is 0 Å². The molecule has 0 bridgehead atoms. The van der Waals surface area contributed by atoms with Crippen molar-refractivity contribution in [1.82, 2.24) is 5.32 Å². The molecule has 1 aliphatic heterocycles. The third kappa shape index (κ3) is 4.87. The number of aliphatic imine (C=N–C) groups is 2. The van der Waals surface area contributed by atoms with E-state index >= 15 is 0 Å². The second-order valence-electron chi connectivity index (χ2n) is 11.0. The third-order valence-corrected chi connectivity index (χ3v) is 8.26. The van der Waals surface area contributed by atoms with Crippen molar-refractivity contribution >= 4 is 39.2 Å². The molecule has 6 aromatic rings. The quantitative estimate of drug-likeness (QED) is 0.230. The highest BCUT2D eigenvalue weighted by Crippen LogP contribution is 2.32. The van der Waals surface area contributed by atoms with Crippen LogP contribution in [0.2, 0.25) is 0 Å². The fourth-order valence-electron chi connectivity index (χ4n) is 5.93. The zero-order chi connectivity index (χ0) is 28.6. The molecule has 43 heavy (non-hydrogen) atoms. The lowest BCUT2D eigenvalue weighted by atomic mass is 9.96. The van der Waals surface area contributed by atoms with Crippen molar-refractivity contribution in [1.29, 1.82) is 0 Å². The van der Waals surface area contributed by atoms with Gasteiger partial charge in [0, 0.05) is 21.9 Å². The van der Waals surface area contributed by atoms with Crippen LogP contribution in [0, 0.1) is 0 Å². The van der Waals surface area contributed by atoms with E-state index in [1.807, 2.05) is 36.4 Å². The lowest BCUT2D eigenvalue weighted by Crippen LogP contribution is -2.33. The van der Waals surface area contributed by atoms with Crippen LogP contribution < -0.4 is 5.32 Å². The molecule has 1 aliphatic carbocycles. The minimum atomic E-state index is -0.232. The standard InChI is InChI=1S/C39H29N3O/c1-3-9-26(10-4-1)27-15-19-30(20-16-27)38-40-37(29-11-5-2-6-12-29)41-39(42-38)31-21-17-28(18-22-31)32-23-24-34-33-13-7-8-14-35(33)43-36(34)25-32/h1-3,5-9,11-25,37H,4,10H2,(H,40,41,42). The number of nitrogens with one attached hydrogen (secondary N) is 1. The number of hydrogen-bond acceptors (Lipinski definition) is 4. The lowest BCUT2D eigenvalue weighted by Gasteiger charge is -2.24. The minimum Gasteiger partial charge on any atom is -0.456 e. The highest BCUT2D eigenvalue weighted by Gasteiger charge is 2.21. The predicted octanol–water partition coefficient (Wildman–Crippen LogP) is 9.48. The Morgan fingerprint density at radius 3 is 2.14 bits per heavy atom. The van der Waals surface area contributed by atoms with Crippen LogP contribution in [0.15, 0.2) is 154 Å². The number of para-hydroxylation sites is 1. The van der Waals surface area contributed by atoms with E-state index in [0.717, 1.165) is 68.4 Å². The molecule has 206 valence electrons. The fourth-order valence-corrected chi connectivity index (χ4v) is 5.93. The first-order chi connectivity index (χ1) is 21.3. The molecule has 0 amide bonds. The molecule has 2 aliphatic rings. The van der Waals surface area contributed by atoms with Gasteiger partial charge in [-0.25, -0.2) is 9.98 Å². The minimum absolute atomic E-state index is 0.232. The molecule has 4 heteroatoms.